The number of aromatic nitrogens is 1. The fourth-order valence-electron chi connectivity index (χ4n) is 4.08. The molecule has 4 aromatic rings. The van der Waals surface area contributed by atoms with E-state index >= 15 is 0 Å². The Morgan fingerprint density at radius 2 is 1.81 bits per heavy atom. The molecule has 1 amide bonds. The van der Waals surface area contributed by atoms with E-state index in [2.05, 4.69) is 18.3 Å². The van der Waals surface area contributed by atoms with Gasteiger partial charge in [0, 0.05) is 34.6 Å². The molecule has 32 heavy (non-hydrogen) atoms. The van der Waals surface area contributed by atoms with Gasteiger partial charge in [0.05, 0.1) is 13.5 Å². The van der Waals surface area contributed by atoms with Crippen LogP contribution < -0.4 is 5.32 Å². The molecule has 4 rings (SSSR count). The van der Waals surface area contributed by atoms with Crippen molar-refractivity contribution in [1.82, 2.24) is 4.57 Å². The number of rotatable bonds is 5. The second kappa shape index (κ2) is 8.63. The smallest absolute Gasteiger partial charge is 0.341 e. The zero-order chi connectivity index (χ0) is 23.0. The highest BCUT2D eigenvalue weighted by molar-refractivity contribution is 7.17. The number of nitrogens with zero attached hydrogens (tertiary/aromatic N) is 1. The molecule has 0 saturated heterocycles. The predicted octanol–water partition coefficient (Wildman–Crippen LogP) is 5.80. The van der Waals surface area contributed by atoms with Crippen LogP contribution in [0.15, 0.2) is 48.7 Å². The molecule has 0 bridgehead atoms. The summed E-state index contributed by atoms with van der Waals surface area (Å²) in [4.78, 5) is 26.7. The average molecular weight is 447 g/mol. The minimum Gasteiger partial charge on any atom is -0.465 e. The lowest BCUT2D eigenvalue weighted by Gasteiger charge is -2.10. The summed E-state index contributed by atoms with van der Waals surface area (Å²) in [5, 5.41) is 4.55. The summed E-state index contributed by atoms with van der Waals surface area (Å²) in [6.45, 7) is 6.06. The fourth-order valence-corrected chi connectivity index (χ4v) is 5.16. The predicted molar refractivity (Wildman–Crippen MR) is 131 cm³/mol. The van der Waals surface area contributed by atoms with Gasteiger partial charge in [-0.3, -0.25) is 4.79 Å². The van der Waals surface area contributed by atoms with Gasteiger partial charge in [-0.15, -0.1) is 11.3 Å². The molecular weight excluding hydrogens is 420 g/mol. The summed E-state index contributed by atoms with van der Waals surface area (Å²) in [7, 11) is 3.33. The van der Waals surface area contributed by atoms with E-state index in [1.807, 2.05) is 68.1 Å². The Morgan fingerprint density at radius 1 is 1.06 bits per heavy atom. The molecule has 0 spiro atoms. The van der Waals surface area contributed by atoms with Gasteiger partial charge in [-0.05, 0) is 49.1 Å². The average Bonchev–Trinajstić information content (AvgIpc) is 3.26. The van der Waals surface area contributed by atoms with Gasteiger partial charge in [-0.2, -0.15) is 0 Å². The van der Waals surface area contributed by atoms with Crippen molar-refractivity contribution in [2.75, 3.05) is 12.4 Å². The first-order valence-corrected chi connectivity index (χ1v) is 11.2. The van der Waals surface area contributed by atoms with Crippen LogP contribution in [0.4, 0.5) is 5.00 Å². The van der Waals surface area contributed by atoms with Crippen LogP contribution in [0.5, 0.6) is 0 Å². The van der Waals surface area contributed by atoms with Crippen LogP contribution >= 0.6 is 11.3 Å². The van der Waals surface area contributed by atoms with Crippen LogP contribution in [0.1, 0.15) is 31.9 Å². The zero-order valence-electron chi connectivity index (χ0n) is 18.9. The van der Waals surface area contributed by atoms with Crippen molar-refractivity contribution in [2.45, 2.75) is 27.2 Å². The molecule has 0 atom stereocenters. The molecule has 2 aromatic heterocycles. The summed E-state index contributed by atoms with van der Waals surface area (Å²) in [6.07, 6.45) is 2.20. The van der Waals surface area contributed by atoms with E-state index in [0.29, 0.717) is 10.6 Å². The van der Waals surface area contributed by atoms with E-state index in [4.69, 9.17) is 4.74 Å². The Kier molecular flexibility index (Phi) is 5.89. The quantitative estimate of drug-likeness (QED) is 0.394. The third kappa shape index (κ3) is 3.94. The number of hydrogen-bond acceptors (Lipinski definition) is 4. The number of carbonyl (C=O) groups excluding carboxylic acids is 2. The molecule has 5 nitrogen and oxygen atoms in total. The molecule has 2 heterocycles. The Hall–Kier alpha value is -3.38. The zero-order valence-corrected chi connectivity index (χ0v) is 19.7. The number of aryl methyl sites for hydroxylation is 4. The molecule has 0 aliphatic carbocycles. The van der Waals surface area contributed by atoms with E-state index in [-0.39, 0.29) is 12.3 Å². The maximum Gasteiger partial charge on any atom is 0.341 e. The summed E-state index contributed by atoms with van der Waals surface area (Å²) < 4.78 is 7.10. The number of esters is 1. The Bertz CT molecular complexity index is 1350. The normalized spacial score (nSPS) is 11.0. The minimum atomic E-state index is -0.456. The Labute approximate surface area is 191 Å². The van der Waals surface area contributed by atoms with Crippen molar-refractivity contribution >= 4 is 39.1 Å². The summed E-state index contributed by atoms with van der Waals surface area (Å²) in [5.74, 6) is -0.623. The van der Waals surface area contributed by atoms with Gasteiger partial charge in [0.1, 0.15) is 10.6 Å². The lowest BCUT2D eigenvalue weighted by molar-refractivity contribution is -0.115. The van der Waals surface area contributed by atoms with Crippen LogP contribution in [-0.4, -0.2) is 23.6 Å². The number of nitrogens with one attached hydrogen (secondary N) is 1. The second-order valence-electron chi connectivity index (χ2n) is 8.04. The number of anilines is 1. The first kappa shape index (κ1) is 21.8. The Morgan fingerprint density at radius 3 is 2.53 bits per heavy atom. The summed E-state index contributed by atoms with van der Waals surface area (Å²) >= 11 is 1.40. The molecule has 1 N–H and O–H groups in total. The van der Waals surface area contributed by atoms with Gasteiger partial charge < -0.3 is 14.6 Å². The van der Waals surface area contributed by atoms with Crippen molar-refractivity contribution < 1.29 is 14.3 Å². The van der Waals surface area contributed by atoms with Gasteiger partial charge >= 0.3 is 5.97 Å². The molecule has 0 radical (unpaired) electrons. The largest absolute Gasteiger partial charge is 0.465 e. The van der Waals surface area contributed by atoms with Crippen LogP contribution in [0.3, 0.4) is 0 Å². The number of amides is 1. The van der Waals surface area contributed by atoms with Crippen molar-refractivity contribution in [3.63, 3.8) is 0 Å². The van der Waals surface area contributed by atoms with Crippen LogP contribution in [-0.2, 0) is 23.0 Å². The molecule has 0 aliphatic heterocycles. The van der Waals surface area contributed by atoms with Crippen molar-refractivity contribution in [3.05, 3.63) is 75.8 Å². The number of benzene rings is 2. The maximum atomic E-state index is 13.0. The molecular formula is C26H26N2O3S. The summed E-state index contributed by atoms with van der Waals surface area (Å²) in [6, 6.07) is 14.1. The molecule has 6 heteroatoms. The van der Waals surface area contributed by atoms with Gasteiger partial charge in [-0.1, -0.05) is 36.4 Å². The van der Waals surface area contributed by atoms with Crippen LogP contribution in [0.2, 0.25) is 0 Å². The molecule has 0 fully saturated rings. The van der Waals surface area contributed by atoms with E-state index in [0.717, 1.165) is 38.0 Å². The van der Waals surface area contributed by atoms with Gasteiger partial charge in [0.2, 0.25) is 5.91 Å². The monoisotopic (exact) mass is 446 g/mol. The number of thiophene rings is 1. The lowest BCUT2D eigenvalue weighted by Crippen LogP contribution is -2.16. The number of methoxy groups -OCH3 is 1. The van der Waals surface area contributed by atoms with Crippen LogP contribution in [0, 0.1) is 20.8 Å². The second-order valence-corrected chi connectivity index (χ2v) is 9.26. The molecule has 2 aromatic carbocycles. The lowest BCUT2D eigenvalue weighted by atomic mass is 9.97. The highest BCUT2D eigenvalue weighted by atomic mass is 32.1. The minimum absolute atomic E-state index is 0.167. The van der Waals surface area contributed by atoms with Crippen molar-refractivity contribution in [1.29, 1.82) is 0 Å². The number of hydrogen-bond donors (Lipinski definition) is 1. The van der Waals surface area contributed by atoms with E-state index in [1.54, 1.807) is 0 Å². The van der Waals surface area contributed by atoms with Crippen molar-refractivity contribution in [2.24, 2.45) is 7.05 Å². The molecule has 164 valence electrons. The highest BCUT2D eigenvalue weighted by Gasteiger charge is 2.25. The standard InChI is InChI=1S/C26H26N2O3S/c1-15-10-11-18(12-16(15)2)23-17(3)32-25(24(23)26(30)31-5)27-22(29)13-19-14-28(4)21-9-7-6-8-20(19)21/h6-12,14H,13H2,1-5H3,(H,27,29). The van der Waals surface area contributed by atoms with Gasteiger partial charge in [0.15, 0.2) is 0 Å². The number of para-hydroxylation sites is 1. The van der Waals surface area contributed by atoms with Gasteiger partial charge in [-0.25, -0.2) is 4.79 Å². The van der Waals surface area contributed by atoms with E-state index < -0.39 is 5.97 Å². The van der Waals surface area contributed by atoms with Gasteiger partial charge in [0.25, 0.3) is 0 Å². The van der Waals surface area contributed by atoms with Crippen molar-refractivity contribution in [3.8, 4) is 11.1 Å². The van der Waals surface area contributed by atoms with E-state index in [1.165, 1.54) is 24.0 Å². The molecule has 0 aliphatic rings. The fraction of sp³-hybridized carbons (Fsp3) is 0.231. The highest BCUT2D eigenvalue weighted by Crippen LogP contribution is 2.41. The third-order valence-electron chi connectivity index (χ3n) is 5.85. The maximum absolute atomic E-state index is 13.0. The summed E-state index contributed by atoms with van der Waals surface area (Å²) in [5.41, 5.74) is 6.51. The first-order valence-electron chi connectivity index (χ1n) is 10.4. The molecule has 0 saturated carbocycles. The van der Waals surface area contributed by atoms with E-state index in [9.17, 15) is 9.59 Å². The number of ether oxygens (including phenoxy) is 1. The van der Waals surface area contributed by atoms with Crippen LogP contribution in [0.25, 0.3) is 22.0 Å². The first-order chi connectivity index (χ1) is 15.3. The topological polar surface area (TPSA) is 60.3 Å². The number of fused-ring (bicyclic) bond motifs is 1. The molecule has 0 unspecified atom stereocenters. The SMILES string of the molecule is COC(=O)c1c(NC(=O)Cc2cn(C)c3ccccc23)sc(C)c1-c1ccc(C)c(C)c1. The third-order valence-corrected chi connectivity index (χ3v) is 6.87. The number of carbonyl (C=O) groups is 2. The Balaban J connectivity index is 1.69.